The van der Waals surface area contributed by atoms with E-state index in [1.807, 2.05) is 0 Å². The Bertz CT molecular complexity index is 1140. The molecule has 172 valence electrons. The summed E-state index contributed by atoms with van der Waals surface area (Å²) >= 11 is 5.94. The third-order valence-corrected chi connectivity index (χ3v) is 8.96. The average Bonchev–Trinajstić information content (AvgIpc) is 2.75. The summed E-state index contributed by atoms with van der Waals surface area (Å²) in [7, 11) is -4.24. The van der Waals surface area contributed by atoms with Crippen molar-refractivity contribution in [2.45, 2.75) is 35.5 Å². The van der Waals surface area contributed by atoms with Crippen molar-refractivity contribution in [3.05, 3.63) is 58.6 Å². The highest BCUT2D eigenvalue weighted by Crippen LogP contribution is 2.55. The fourth-order valence-corrected chi connectivity index (χ4v) is 7.20. The Morgan fingerprint density at radius 2 is 1.88 bits per heavy atom. The van der Waals surface area contributed by atoms with Crippen LogP contribution in [0.3, 0.4) is 0 Å². The van der Waals surface area contributed by atoms with Gasteiger partial charge in [0.05, 0.1) is 23.2 Å². The molecule has 10 heteroatoms. The molecule has 0 unspecified atom stereocenters. The van der Waals surface area contributed by atoms with E-state index < -0.39 is 38.2 Å². The van der Waals surface area contributed by atoms with Crippen LogP contribution < -0.4 is 10.1 Å². The van der Waals surface area contributed by atoms with Gasteiger partial charge in [-0.25, -0.2) is 17.2 Å². The quantitative estimate of drug-likeness (QED) is 0.699. The summed E-state index contributed by atoms with van der Waals surface area (Å²) in [6, 6.07) is 7.44. The number of hydrogen-bond donors (Lipinski definition) is 1. The van der Waals surface area contributed by atoms with Crippen LogP contribution in [0.15, 0.2) is 41.3 Å². The first-order valence-electron chi connectivity index (χ1n) is 10.2. The highest BCUT2D eigenvalue weighted by atomic mass is 35.5. The summed E-state index contributed by atoms with van der Waals surface area (Å²) in [4.78, 5) is 11.2. The van der Waals surface area contributed by atoms with Gasteiger partial charge in [0.25, 0.3) is 0 Å². The maximum atomic E-state index is 15.2. The second-order valence-corrected chi connectivity index (χ2v) is 10.6. The number of sulfone groups is 1. The van der Waals surface area contributed by atoms with Crippen LogP contribution in [0.5, 0.6) is 5.75 Å². The van der Waals surface area contributed by atoms with Crippen LogP contribution in [0.2, 0.25) is 5.02 Å². The molecule has 2 aliphatic rings. The smallest absolute Gasteiger partial charge is 0.216 e. The van der Waals surface area contributed by atoms with E-state index >= 15 is 4.39 Å². The van der Waals surface area contributed by atoms with Gasteiger partial charge in [0.15, 0.2) is 21.4 Å². The molecule has 3 atom stereocenters. The monoisotopic (exact) mass is 485 g/mol. The molecule has 2 aliphatic heterocycles. The number of fused-ring (bicyclic) bond motifs is 3. The Kier molecular flexibility index (Phi) is 6.17. The Morgan fingerprint density at radius 1 is 1.19 bits per heavy atom. The van der Waals surface area contributed by atoms with Gasteiger partial charge in [0.2, 0.25) is 5.91 Å². The lowest BCUT2D eigenvalue weighted by atomic mass is 9.75. The van der Waals surface area contributed by atoms with Crippen molar-refractivity contribution in [3.8, 4) is 5.75 Å². The molecule has 2 aromatic carbocycles. The van der Waals surface area contributed by atoms with Gasteiger partial charge in [-0.2, -0.15) is 0 Å². The molecule has 0 spiro atoms. The molecule has 1 fully saturated rings. The number of rotatable bonds is 5. The van der Waals surface area contributed by atoms with Crippen molar-refractivity contribution in [2.75, 3.05) is 19.8 Å². The van der Waals surface area contributed by atoms with E-state index in [4.69, 9.17) is 21.1 Å². The molecule has 0 saturated carbocycles. The van der Waals surface area contributed by atoms with Gasteiger partial charge in [0, 0.05) is 31.0 Å². The number of hydrogen-bond acceptors (Lipinski definition) is 5. The van der Waals surface area contributed by atoms with Crippen molar-refractivity contribution >= 4 is 27.3 Å². The molecule has 6 nitrogen and oxygen atoms in total. The van der Waals surface area contributed by atoms with Crippen LogP contribution in [0.25, 0.3) is 0 Å². The van der Waals surface area contributed by atoms with Crippen LogP contribution >= 0.6 is 11.6 Å². The van der Waals surface area contributed by atoms with E-state index in [9.17, 15) is 17.6 Å². The van der Waals surface area contributed by atoms with Crippen molar-refractivity contribution in [3.63, 3.8) is 0 Å². The standard InChI is InChI=1S/C22H22ClF2NO5S/c1-13(27)26-10-8-19-16-12-31-21-18(25)7-6-17(24)20(21)22(16,9-11-30-19)32(28,29)15-4-2-14(23)3-5-15/h2-7,16,19H,8-12H2,1H3,(H,26,27)/t16-,19-,22-/m0/s1. The third-order valence-electron chi connectivity index (χ3n) is 6.15. The molecule has 2 aromatic rings. The van der Waals surface area contributed by atoms with E-state index in [0.29, 0.717) is 5.02 Å². The number of nitrogens with one attached hydrogen (secondary N) is 1. The zero-order valence-electron chi connectivity index (χ0n) is 17.2. The van der Waals surface area contributed by atoms with Crippen LogP contribution in [0.4, 0.5) is 8.78 Å². The van der Waals surface area contributed by atoms with Gasteiger partial charge in [0.1, 0.15) is 10.6 Å². The van der Waals surface area contributed by atoms with Gasteiger partial charge in [-0.3, -0.25) is 4.79 Å². The normalized spacial score (nSPS) is 24.8. The zero-order valence-corrected chi connectivity index (χ0v) is 18.8. The second-order valence-electron chi connectivity index (χ2n) is 7.93. The molecule has 4 rings (SSSR count). The third kappa shape index (κ3) is 3.66. The summed E-state index contributed by atoms with van der Waals surface area (Å²) in [5.41, 5.74) is -0.309. The van der Waals surface area contributed by atoms with Crippen LogP contribution in [0.1, 0.15) is 25.3 Å². The molecule has 0 aliphatic carbocycles. The lowest BCUT2D eigenvalue weighted by Gasteiger charge is -2.50. The van der Waals surface area contributed by atoms with Gasteiger partial charge < -0.3 is 14.8 Å². The molecule has 0 bridgehead atoms. The summed E-state index contributed by atoms with van der Waals surface area (Å²) in [6.45, 7) is 1.45. The second kappa shape index (κ2) is 8.61. The molecular formula is C22H22ClF2NO5S. The van der Waals surface area contributed by atoms with Crippen molar-refractivity contribution in [2.24, 2.45) is 5.92 Å². The first kappa shape index (κ1) is 22.9. The summed E-state index contributed by atoms with van der Waals surface area (Å²) in [5, 5.41) is 3.01. The molecule has 1 N–H and O–H groups in total. The fourth-order valence-electron chi connectivity index (χ4n) is 4.72. The van der Waals surface area contributed by atoms with Crippen LogP contribution in [0, 0.1) is 17.6 Å². The molecule has 0 radical (unpaired) electrons. The number of ether oxygens (including phenoxy) is 2. The topological polar surface area (TPSA) is 81.7 Å². The molecule has 2 heterocycles. The highest BCUT2D eigenvalue weighted by molar-refractivity contribution is 7.92. The largest absolute Gasteiger partial charge is 0.490 e. The molecule has 0 aromatic heterocycles. The van der Waals surface area contributed by atoms with Crippen molar-refractivity contribution < 1.29 is 31.5 Å². The maximum Gasteiger partial charge on any atom is 0.216 e. The Balaban J connectivity index is 1.90. The molecule has 1 saturated heterocycles. The van der Waals surface area contributed by atoms with Crippen molar-refractivity contribution in [1.29, 1.82) is 0 Å². The van der Waals surface area contributed by atoms with E-state index in [1.54, 1.807) is 0 Å². The lowest BCUT2D eigenvalue weighted by molar-refractivity contribution is -0.119. The first-order valence-corrected chi connectivity index (χ1v) is 12.0. The summed E-state index contributed by atoms with van der Waals surface area (Å²) < 4.78 is 67.7. The van der Waals surface area contributed by atoms with Gasteiger partial charge >= 0.3 is 0 Å². The average molecular weight is 486 g/mol. The molecular weight excluding hydrogens is 464 g/mol. The predicted octanol–water partition coefficient (Wildman–Crippen LogP) is 3.61. The lowest BCUT2D eigenvalue weighted by Crippen LogP contribution is -2.58. The Labute approximate surface area is 189 Å². The van der Waals surface area contributed by atoms with Crippen LogP contribution in [-0.2, 0) is 24.1 Å². The minimum absolute atomic E-state index is 0.0173. The van der Waals surface area contributed by atoms with E-state index in [1.165, 1.54) is 31.2 Å². The van der Waals surface area contributed by atoms with Gasteiger partial charge in [-0.05, 0) is 49.2 Å². The van der Waals surface area contributed by atoms with E-state index in [0.717, 1.165) is 12.1 Å². The Morgan fingerprint density at radius 3 is 2.56 bits per heavy atom. The SMILES string of the molecule is CC(=O)NCC[C@@H]1OCC[C@@]2(S(=O)(=O)c3ccc(Cl)cc3)c3c(F)ccc(F)c3OC[C@@H]12. The van der Waals surface area contributed by atoms with E-state index in [2.05, 4.69) is 5.32 Å². The Hall–Kier alpha value is -2.23. The predicted molar refractivity (Wildman–Crippen MR) is 113 cm³/mol. The van der Waals surface area contributed by atoms with E-state index in [-0.39, 0.29) is 54.7 Å². The molecule has 32 heavy (non-hydrogen) atoms. The fraction of sp³-hybridized carbons (Fsp3) is 0.409. The van der Waals surface area contributed by atoms with Crippen LogP contribution in [-0.4, -0.2) is 40.2 Å². The number of amides is 1. The minimum atomic E-state index is -4.24. The summed E-state index contributed by atoms with van der Waals surface area (Å²) in [6.07, 6.45) is -0.443. The van der Waals surface area contributed by atoms with Crippen molar-refractivity contribution in [1.82, 2.24) is 5.32 Å². The number of benzene rings is 2. The number of halogens is 3. The first-order chi connectivity index (χ1) is 15.2. The molecule has 1 amide bonds. The highest BCUT2D eigenvalue weighted by Gasteiger charge is 2.61. The number of carbonyl (C=O) groups is 1. The minimum Gasteiger partial charge on any atom is -0.490 e. The van der Waals surface area contributed by atoms with Gasteiger partial charge in [-0.15, -0.1) is 0 Å². The van der Waals surface area contributed by atoms with Gasteiger partial charge in [-0.1, -0.05) is 11.6 Å². The zero-order chi connectivity index (χ0) is 23.1. The summed E-state index contributed by atoms with van der Waals surface area (Å²) in [5.74, 6) is -3.13. The number of carbonyl (C=O) groups excluding carboxylic acids is 1. The maximum absolute atomic E-state index is 15.2.